The average molecular weight is 333 g/mol. The second-order valence-electron chi connectivity index (χ2n) is 6.08. The molecule has 3 aromatic rings. The third kappa shape index (κ3) is 2.96. The van der Waals surface area contributed by atoms with E-state index in [1.165, 1.54) is 0 Å². The lowest BCUT2D eigenvalue weighted by Crippen LogP contribution is -2.28. The van der Waals surface area contributed by atoms with Crippen LogP contribution in [0.2, 0.25) is 0 Å². The van der Waals surface area contributed by atoms with Gasteiger partial charge in [0.15, 0.2) is 0 Å². The molecular formula is C20H15NO4-2. The number of hydrogen-bond donors (Lipinski definition) is 0. The third-order valence-electron chi connectivity index (χ3n) is 4.16. The van der Waals surface area contributed by atoms with Gasteiger partial charge in [-0.2, -0.15) is 0 Å². The van der Waals surface area contributed by atoms with E-state index in [1.54, 1.807) is 36.4 Å². The average Bonchev–Trinajstić information content (AvgIpc) is 2.59. The number of benzene rings is 2. The first-order valence-corrected chi connectivity index (χ1v) is 7.86. The summed E-state index contributed by atoms with van der Waals surface area (Å²) in [5.74, 6) is -2.69. The van der Waals surface area contributed by atoms with E-state index in [2.05, 4.69) is 4.98 Å². The monoisotopic (exact) mass is 333 g/mol. The lowest BCUT2D eigenvalue weighted by atomic mass is 9.92. The third-order valence-corrected chi connectivity index (χ3v) is 4.16. The second-order valence-corrected chi connectivity index (χ2v) is 6.08. The molecule has 0 fully saturated rings. The van der Waals surface area contributed by atoms with Gasteiger partial charge in [0.2, 0.25) is 0 Å². The van der Waals surface area contributed by atoms with Gasteiger partial charge in [0.25, 0.3) is 0 Å². The van der Waals surface area contributed by atoms with Crippen LogP contribution < -0.4 is 10.2 Å². The molecule has 1 aromatic heterocycles. The molecule has 0 amide bonds. The van der Waals surface area contributed by atoms with Crippen molar-refractivity contribution >= 4 is 22.8 Å². The summed E-state index contributed by atoms with van der Waals surface area (Å²) >= 11 is 0. The maximum absolute atomic E-state index is 11.8. The summed E-state index contributed by atoms with van der Waals surface area (Å²) in [5.41, 5.74) is 1.18. The maximum Gasteiger partial charge on any atom is 0.0949 e. The molecule has 1 heterocycles. The van der Waals surface area contributed by atoms with Crippen LogP contribution in [0.3, 0.4) is 0 Å². The zero-order valence-corrected chi connectivity index (χ0v) is 13.8. The van der Waals surface area contributed by atoms with Gasteiger partial charge in [0.05, 0.1) is 23.1 Å². The van der Waals surface area contributed by atoms with E-state index in [9.17, 15) is 19.8 Å². The summed E-state index contributed by atoms with van der Waals surface area (Å²) in [4.78, 5) is 27.5. The fourth-order valence-corrected chi connectivity index (χ4v) is 2.89. The zero-order chi connectivity index (χ0) is 18.1. The Morgan fingerprint density at radius 1 is 0.920 bits per heavy atom. The second kappa shape index (κ2) is 6.36. The lowest BCUT2D eigenvalue weighted by molar-refractivity contribution is -0.255. The molecule has 3 rings (SSSR count). The van der Waals surface area contributed by atoms with E-state index in [0.29, 0.717) is 16.9 Å². The first-order valence-electron chi connectivity index (χ1n) is 7.86. The highest BCUT2D eigenvalue weighted by molar-refractivity contribution is 6.12. The Morgan fingerprint density at radius 2 is 1.56 bits per heavy atom. The number of para-hydroxylation sites is 1. The summed E-state index contributed by atoms with van der Waals surface area (Å²) in [6.07, 6.45) is 0. The van der Waals surface area contributed by atoms with Gasteiger partial charge in [-0.3, -0.25) is 0 Å². The van der Waals surface area contributed by atoms with Gasteiger partial charge in [-0.15, -0.1) is 0 Å². The number of carboxylic acids is 2. The molecular weight excluding hydrogens is 318 g/mol. The molecule has 0 N–H and O–H groups in total. The Hall–Kier alpha value is -3.21. The molecule has 0 aliphatic heterocycles. The van der Waals surface area contributed by atoms with Crippen LogP contribution in [0.5, 0.6) is 0 Å². The van der Waals surface area contributed by atoms with Crippen LogP contribution >= 0.6 is 0 Å². The molecule has 0 saturated carbocycles. The molecule has 0 aliphatic rings. The van der Waals surface area contributed by atoms with Gasteiger partial charge in [-0.1, -0.05) is 56.3 Å². The molecule has 0 aliphatic carbocycles. The van der Waals surface area contributed by atoms with E-state index in [4.69, 9.17) is 0 Å². The molecule has 5 heteroatoms. The lowest BCUT2D eigenvalue weighted by Gasteiger charge is -2.19. The number of fused-ring (bicyclic) bond motifs is 1. The van der Waals surface area contributed by atoms with Crippen molar-refractivity contribution < 1.29 is 19.8 Å². The van der Waals surface area contributed by atoms with Gasteiger partial charge in [0, 0.05) is 16.5 Å². The SMILES string of the molecule is CC(C)c1ccc(-c2c(C(=O)[O-])nc3ccccc3c2C(=O)[O-])cc1. The largest absolute Gasteiger partial charge is 0.545 e. The minimum absolute atomic E-state index is 0.00834. The van der Waals surface area contributed by atoms with Gasteiger partial charge in [-0.05, 0) is 23.1 Å². The number of aromatic nitrogens is 1. The van der Waals surface area contributed by atoms with Crippen molar-refractivity contribution in [3.05, 3.63) is 65.4 Å². The van der Waals surface area contributed by atoms with Crippen LogP contribution in [-0.2, 0) is 0 Å². The van der Waals surface area contributed by atoms with Crippen LogP contribution in [0, 0.1) is 0 Å². The molecule has 0 radical (unpaired) electrons. The van der Waals surface area contributed by atoms with Crippen molar-refractivity contribution in [3.63, 3.8) is 0 Å². The zero-order valence-electron chi connectivity index (χ0n) is 13.8. The topological polar surface area (TPSA) is 93.2 Å². The van der Waals surface area contributed by atoms with Crippen molar-refractivity contribution in [2.24, 2.45) is 0 Å². The molecule has 0 bridgehead atoms. The highest BCUT2D eigenvalue weighted by Gasteiger charge is 2.18. The van der Waals surface area contributed by atoms with Crippen molar-refractivity contribution in [1.82, 2.24) is 4.98 Å². The summed E-state index contributed by atoms with van der Waals surface area (Å²) in [5, 5.41) is 23.7. The molecule has 0 saturated heterocycles. The summed E-state index contributed by atoms with van der Waals surface area (Å²) in [6.45, 7) is 4.07. The predicted molar refractivity (Wildman–Crippen MR) is 89.9 cm³/mol. The van der Waals surface area contributed by atoms with Gasteiger partial charge >= 0.3 is 0 Å². The molecule has 0 spiro atoms. The number of carbonyl (C=O) groups is 2. The molecule has 5 nitrogen and oxygen atoms in total. The smallest absolute Gasteiger partial charge is 0.0949 e. The van der Waals surface area contributed by atoms with E-state index in [-0.39, 0.29) is 16.6 Å². The normalized spacial score (nSPS) is 11.0. The van der Waals surface area contributed by atoms with Crippen molar-refractivity contribution in [2.75, 3.05) is 0 Å². The summed E-state index contributed by atoms with van der Waals surface area (Å²) in [6, 6.07) is 13.5. The van der Waals surface area contributed by atoms with Crippen LogP contribution in [-0.4, -0.2) is 16.9 Å². The Labute approximate surface area is 144 Å². The fourth-order valence-electron chi connectivity index (χ4n) is 2.89. The van der Waals surface area contributed by atoms with Crippen LogP contribution in [0.25, 0.3) is 22.0 Å². The van der Waals surface area contributed by atoms with Crippen molar-refractivity contribution in [3.8, 4) is 11.1 Å². The van der Waals surface area contributed by atoms with Crippen LogP contribution in [0.15, 0.2) is 48.5 Å². The van der Waals surface area contributed by atoms with E-state index >= 15 is 0 Å². The number of carboxylic acid groups (broad SMARTS) is 2. The molecule has 0 unspecified atom stereocenters. The standard InChI is InChI=1S/C20H17NO4/c1-11(2)12-7-9-13(10-8-12)16-17(19(22)23)14-5-3-4-6-15(14)21-18(16)20(24)25/h3-11H,1-2H3,(H,22,23)(H,24,25)/p-2. The quantitative estimate of drug-likeness (QED) is 0.725. The molecule has 25 heavy (non-hydrogen) atoms. The Balaban J connectivity index is 2.38. The number of rotatable bonds is 4. The van der Waals surface area contributed by atoms with Crippen LogP contribution in [0.1, 0.15) is 46.2 Å². The minimum atomic E-state index is -1.53. The number of nitrogens with zero attached hydrogens (tertiary/aromatic N) is 1. The summed E-state index contributed by atoms with van der Waals surface area (Å²) < 4.78 is 0. The van der Waals surface area contributed by atoms with Crippen molar-refractivity contribution in [2.45, 2.75) is 19.8 Å². The van der Waals surface area contributed by atoms with E-state index < -0.39 is 17.6 Å². The van der Waals surface area contributed by atoms with Gasteiger partial charge in [0.1, 0.15) is 0 Å². The number of carbonyl (C=O) groups excluding carboxylic acids is 2. The highest BCUT2D eigenvalue weighted by Crippen LogP contribution is 2.32. The van der Waals surface area contributed by atoms with E-state index in [0.717, 1.165) is 5.56 Å². The molecule has 126 valence electrons. The Morgan fingerprint density at radius 3 is 2.12 bits per heavy atom. The number of pyridine rings is 1. The van der Waals surface area contributed by atoms with Gasteiger partial charge in [-0.25, -0.2) is 4.98 Å². The van der Waals surface area contributed by atoms with Crippen LogP contribution in [0.4, 0.5) is 0 Å². The Bertz CT molecular complexity index is 975. The molecule has 0 atom stereocenters. The highest BCUT2D eigenvalue weighted by atomic mass is 16.4. The first-order chi connectivity index (χ1) is 11.9. The fraction of sp³-hybridized carbons (Fsp3) is 0.150. The first kappa shape index (κ1) is 16.6. The summed E-state index contributed by atoms with van der Waals surface area (Å²) in [7, 11) is 0. The van der Waals surface area contributed by atoms with E-state index in [1.807, 2.05) is 26.0 Å². The predicted octanol–water partition coefficient (Wildman–Crippen LogP) is 1.75. The number of aromatic carboxylic acids is 2. The minimum Gasteiger partial charge on any atom is -0.545 e. The molecule has 2 aromatic carbocycles. The Kier molecular flexibility index (Phi) is 4.23. The van der Waals surface area contributed by atoms with Crippen molar-refractivity contribution in [1.29, 1.82) is 0 Å². The van der Waals surface area contributed by atoms with Gasteiger partial charge < -0.3 is 19.8 Å². The number of hydrogen-bond acceptors (Lipinski definition) is 5. The maximum atomic E-state index is 11.8.